The van der Waals surface area contributed by atoms with Crippen molar-refractivity contribution in [2.24, 2.45) is 0 Å². The smallest absolute Gasteiger partial charge is 0.264 e. The number of hydrogen-bond donors (Lipinski definition) is 2. The van der Waals surface area contributed by atoms with Gasteiger partial charge in [-0.25, -0.2) is 0 Å². The minimum Gasteiger partial charge on any atom is -0.264 e. The summed E-state index contributed by atoms with van der Waals surface area (Å²) in [7, 11) is -2.93. The van der Waals surface area contributed by atoms with Gasteiger partial charge in [0, 0.05) is 0 Å². The number of methoxy groups -OCH3 is 1. The van der Waals surface area contributed by atoms with E-state index in [-0.39, 0.29) is 0 Å². The van der Waals surface area contributed by atoms with Gasteiger partial charge in [0.15, 0.2) is 0 Å². The summed E-state index contributed by atoms with van der Waals surface area (Å²) in [5.74, 6) is 0. The third-order valence-corrected chi connectivity index (χ3v) is 0.816. The standard InChI is InChI=1S/C3H7O.Na.H2O4S/c1-3-4-2;;1-5(2,3)4/h1,3H2,2H3;;(H2,1,2,3,4). The molecule has 10 heavy (non-hydrogen) atoms. The summed E-state index contributed by atoms with van der Waals surface area (Å²) in [6.45, 7) is 0.951. The normalized spacial score (nSPS) is 10.1. The van der Waals surface area contributed by atoms with E-state index >= 15 is 0 Å². The molecule has 0 atom stereocenters. The van der Waals surface area contributed by atoms with Gasteiger partial charge in [-0.1, -0.05) is 0 Å². The van der Waals surface area contributed by atoms with Crippen LogP contribution in [-0.4, -0.2) is 59.2 Å². The van der Waals surface area contributed by atoms with Crippen LogP contribution in [0.1, 0.15) is 0 Å². The van der Waals surface area contributed by atoms with Gasteiger partial charge < -0.3 is 0 Å². The average molecular weight is 180 g/mol. The second kappa shape index (κ2) is 7.93. The molecule has 0 saturated carbocycles. The molecule has 0 aromatic rings. The zero-order chi connectivity index (χ0) is 8.62. The van der Waals surface area contributed by atoms with Crippen LogP contribution in [0.15, 0.2) is 0 Å². The molecule has 0 bridgehead atoms. The molecule has 0 aliphatic carbocycles. The van der Waals surface area contributed by atoms with Crippen LogP contribution < -0.4 is 0 Å². The van der Waals surface area contributed by atoms with Gasteiger partial charge in [0.25, 0.3) is 0 Å². The molecule has 58 valence electrons. The van der Waals surface area contributed by atoms with Crippen LogP contribution in [0.2, 0.25) is 3.67 Å². The van der Waals surface area contributed by atoms with Crippen LogP contribution in [0.4, 0.5) is 0 Å². The van der Waals surface area contributed by atoms with E-state index in [4.69, 9.17) is 22.3 Å². The minimum atomic E-state index is -4.67. The molecule has 0 heterocycles. The molecule has 0 aromatic heterocycles. The van der Waals surface area contributed by atoms with Gasteiger partial charge in [-0.05, 0) is 0 Å². The van der Waals surface area contributed by atoms with Crippen molar-refractivity contribution in [2.45, 2.75) is 3.67 Å². The molecule has 0 radical (unpaired) electrons. The summed E-state index contributed by atoms with van der Waals surface area (Å²) in [5.41, 5.74) is 0. The Kier molecular flexibility index (Phi) is 10.6. The van der Waals surface area contributed by atoms with Crippen LogP contribution >= 0.6 is 0 Å². The Morgan fingerprint density at radius 1 is 1.50 bits per heavy atom. The minimum absolute atomic E-state index is 0.951. The van der Waals surface area contributed by atoms with Gasteiger partial charge in [-0.2, -0.15) is 8.42 Å². The number of rotatable bonds is 2. The van der Waals surface area contributed by atoms with Gasteiger partial charge in [-0.3, -0.25) is 9.11 Å². The van der Waals surface area contributed by atoms with E-state index in [2.05, 4.69) is 0 Å². The Hall–Kier alpha value is 0.830. The largest absolute Gasteiger partial charge is 0.394 e. The first-order valence-electron chi connectivity index (χ1n) is 2.60. The predicted molar refractivity (Wildman–Crippen MR) is 36.6 cm³/mol. The molecular weight excluding hydrogens is 171 g/mol. The van der Waals surface area contributed by atoms with Crippen LogP contribution in [0, 0.1) is 0 Å². The molecule has 0 aliphatic heterocycles. The zero-order valence-corrected chi connectivity index (χ0v) is 8.76. The molecule has 0 fully saturated rings. The van der Waals surface area contributed by atoms with Gasteiger partial charge in [-0.15, -0.1) is 0 Å². The third kappa shape index (κ3) is 67.6. The van der Waals surface area contributed by atoms with Crippen LogP contribution in [-0.2, 0) is 15.1 Å². The molecule has 0 rings (SSSR count). The van der Waals surface area contributed by atoms with E-state index in [1.165, 1.54) is 31.6 Å². The Morgan fingerprint density at radius 2 is 1.80 bits per heavy atom. The van der Waals surface area contributed by atoms with Crippen molar-refractivity contribution in [1.29, 1.82) is 0 Å². The topological polar surface area (TPSA) is 83.8 Å². The Labute approximate surface area is 77.8 Å². The molecule has 0 amide bonds. The maximum absolute atomic E-state index is 8.74. The maximum Gasteiger partial charge on any atom is 0.394 e. The first-order valence-corrected chi connectivity index (χ1v) is 5.41. The number of hydrogen-bond acceptors (Lipinski definition) is 3. The summed E-state index contributed by atoms with van der Waals surface area (Å²) < 4.78 is 37.6. The summed E-state index contributed by atoms with van der Waals surface area (Å²) in [4.78, 5) is 0. The van der Waals surface area contributed by atoms with Gasteiger partial charge in [0.2, 0.25) is 0 Å². The van der Waals surface area contributed by atoms with Gasteiger partial charge >= 0.3 is 60.5 Å². The van der Waals surface area contributed by atoms with Crippen molar-refractivity contribution in [2.75, 3.05) is 13.7 Å². The fourth-order valence-electron chi connectivity index (χ4n) is 0.204. The van der Waals surface area contributed by atoms with Crippen LogP contribution in [0.3, 0.4) is 0 Å². The Balaban J connectivity index is 0. The first-order chi connectivity index (χ1) is 4.41. The van der Waals surface area contributed by atoms with Gasteiger partial charge in [0.05, 0.1) is 0 Å². The van der Waals surface area contributed by atoms with E-state index in [1.807, 2.05) is 0 Å². The van der Waals surface area contributed by atoms with E-state index in [0.717, 1.165) is 6.61 Å². The molecule has 7 heteroatoms. The fourth-order valence-corrected chi connectivity index (χ4v) is 0.612. The molecule has 0 aliphatic rings. The molecular formula is C3H9NaO5S. The molecule has 2 N–H and O–H groups in total. The van der Waals surface area contributed by atoms with E-state index in [9.17, 15) is 0 Å². The summed E-state index contributed by atoms with van der Waals surface area (Å²) in [6, 6.07) is 0. The van der Waals surface area contributed by atoms with Gasteiger partial charge in [0.1, 0.15) is 0 Å². The van der Waals surface area contributed by atoms with Crippen molar-refractivity contribution >= 4 is 38.3 Å². The summed E-state index contributed by atoms with van der Waals surface area (Å²) >= 11 is 1.27. The van der Waals surface area contributed by atoms with Crippen molar-refractivity contribution in [3.8, 4) is 0 Å². The summed E-state index contributed by atoms with van der Waals surface area (Å²) in [6.07, 6.45) is 0. The van der Waals surface area contributed by atoms with Crippen molar-refractivity contribution in [3.05, 3.63) is 0 Å². The molecule has 0 saturated heterocycles. The van der Waals surface area contributed by atoms with Crippen molar-refractivity contribution < 1.29 is 22.3 Å². The number of ether oxygens (including phenoxy) is 1. The molecule has 0 aromatic carbocycles. The Morgan fingerprint density at radius 3 is 1.80 bits per heavy atom. The molecule has 0 unspecified atom stereocenters. The van der Waals surface area contributed by atoms with E-state index < -0.39 is 10.4 Å². The van der Waals surface area contributed by atoms with E-state index in [1.54, 1.807) is 7.11 Å². The second-order valence-corrected chi connectivity index (χ2v) is 3.34. The SMILES string of the molecule is COC[CH2][Na].O=S(=O)(O)O. The van der Waals surface area contributed by atoms with Crippen molar-refractivity contribution in [1.82, 2.24) is 0 Å². The van der Waals surface area contributed by atoms with Crippen molar-refractivity contribution in [3.63, 3.8) is 0 Å². The zero-order valence-electron chi connectivity index (χ0n) is 5.94. The predicted octanol–water partition coefficient (Wildman–Crippen LogP) is -0.433. The molecule has 0 spiro atoms. The maximum atomic E-state index is 8.74. The quantitative estimate of drug-likeness (QED) is 0.445. The third-order valence-electron chi connectivity index (χ3n) is 0.408. The first kappa shape index (κ1) is 13.4. The second-order valence-electron chi connectivity index (χ2n) is 1.44. The molecule has 5 nitrogen and oxygen atoms in total. The Bertz CT molecular complexity index is 131. The average Bonchev–Trinajstić information content (AvgIpc) is 1.63. The summed E-state index contributed by atoms with van der Waals surface area (Å²) in [5, 5.41) is 0. The van der Waals surface area contributed by atoms with Crippen LogP contribution in [0.25, 0.3) is 0 Å². The monoisotopic (exact) mass is 180 g/mol. The van der Waals surface area contributed by atoms with Crippen LogP contribution in [0.5, 0.6) is 0 Å². The fraction of sp³-hybridized carbons (Fsp3) is 1.00. The van der Waals surface area contributed by atoms with E-state index in [0.29, 0.717) is 0 Å².